The van der Waals surface area contributed by atoms with Gasteiger partial charge in [0.05, 0.1) is 11.0 Å². The zero-order chi connectivity index (χ0) is 29.2. The van der Waals surface area contributed by atoms with Crippen LogP contribution in [-0.4, -0.2) is 59.4 Å². The van der Waals surface area contributed by atoms with Crippen LogP contribution in [0.2, 0.25) is 0 Å². The third-order valence-corrected chi connectivity index (χ3v) is 11.0. The molecule has 0 aromatic heterocycles. The van der Waals surface area contributed by atoms with Crippen LogP contribution in [0.15, 0.2) is 12.1 Å². The molecule has 6 rings (SSSR count). The van der Waals surface area contributed by atoms with Gasteiger partial charge < -0.3 is 19.3 Å². The van der Waals surface area contributed by atoms with Crippen LogP contribution < -0.4 is 9.47 Å². The van der Waals surface area contributed by atoms with Gasteiger partial charge in [0, 0.05) is 31.0 Å². The van der Waals surface area contributed by atoms with Gasteiger partial charge in [-0.2, -0.15) is 0 Å². The first-order valence-corrected chi connectivity index (χ1v) is 17.1. The zero-order valence-corrected chi connectivity index (χ0v) is 25.7. The topological polar surface area (TPSA) is 85.3 Å². The number of hydrogen-bond acceptors (Lipinski definition) is 7. The Kier molecular flexibility index (Phi) is 9.16. The number of benzene rings is 1. The van der Waals surface area contributed by atoms with Crippen LogP contribution in [0.4, 0.5) is 0 Å². The van der Waals surface area contributed by atoms with Crippen molar-refractivity contribution in [1.29, 1.82) is 0 Å². The first-order valence-electron chi connectivity index (χ1n) is 17.1. The van der Waals surface area contributed by atoms with Gasteiger partial charge in [-0.1, -0.05) is 77.2 Å². The number of esters is 1. The predicted molar refractivity (Wildman–Crippen MR) is 161 cm³/mol. The molecule has 3 fully saturated rings. The molecule has 2 bridgehead atoms. The summed E-state index contributed by atoms with van der Waals surface area (Å²) in [6.07, 6.45) is 18.2. The van der Waals surface area contributed by atoms with Crippen LogP contribution in [0.1, 0.15) is 127 Å². The van der Waals surface area contributed by atoms with Crippen LogP contribution >= 0.6 is 0 Å². The van der Waals surface area contributed by atoms with Crippen LogP contribution in [0.25, 0.3) is 0 Å². The van der Waals surface area contributed by atoms with E-state index in [0.717, 1.165) is 49.4 Å². The molecule has 7 nitrogen and oxygen atoms in total. The van der Waals surface area contributed by atoms with Crippen LogP contribution in [-0.2, 0) is 26.2 Å². The summed E-state index contributed by atoms with van der Waals surface area (Å²) in [5, 5.41) is 12.4. The molecule has 1 aromatic rings. The molecule has 5 aliphatic rings. The number of ether oxygens (including phenoxy) is 3. The quantitative estimate of drug-likeness (QED) is 0.129. The second-order valence-corrected chi connectivity index (χ2v) is 13.8. The summed E-state index contributed by atoms with van der Waals surface area (Å²) in [7, 11) is 0. The number of carbonyl (C=O) groups is 2. The number of Topliss-reactive ketones (excluding diaryl/α,β-unsaturated/α-hetero) is 1. The molecule has 7 heteroatoms. The summed E-state index contributed by atoms with van der Waals surface area (Å²) in [6.45, 7) is 3.98. The third kappa shape index (κ3) is 5.60. The molecule has 1 N–H and O–H groups in total. The summed E-state index contributed by atoms with van der Waals surface area (Å²) in [5.41, 5.74) is 0.408. The molecule has 1 saturated heterocycles. The molecule has 42 heavy (non-hydrogen) atoms. The fourth-order valence-electron chi connectivity index (χ4n) is 8.53. The molecule has 232 valence electrons. The number of aliphatic hydroxyl groups is 1. The van der Waals surface area contributed by atoms with E-state index in [-0.39, 0.29) is 24.6 Å². The van der Waals surface area contributed by atoms with E-state index in [1.54, 1.807) is 0 Å². The second kappa shape index (κ2) is 12.9. The van der Waals surface area contributed by atoms with Crippen molar-refractivity contribution < 1.29 is 28.9 Å². The van der Waals surface area contributed by atoms with E-state index >= 15 is 0 Å². The van der Waals surface area contributed by atoms with E-state index in [2.05, 4.69) is 17.9 Å². The number of nitrogens with zero attached hydrogens (tertiary/aromatic N) is 1. The molecule has 2 aliphatic heterocycles. The van der Waals surface area contributed by atoms with Gasteiger partial charge in [0.25, 0.3) is 0 Å². The van der Waals surface area contributed by atoms with E-state index in [0.29, 0.717) is 37.2 Å². The fourth-order valence-corrected chi connectivity index (χ4v) is 8.53. The van der Waals surface area contributed by atoms with Gasteiger partial charge in [-0.3, -0.25) is 14.5 Å². The second-order valence-electron chi connectivity index (χ2n) is 13.8. The minimum atomic E-state index is -0.989. The van der Waals surface area contributed by atoms with Crippen molar-refractivity contribution >= 4 is 11.8 Å². The summed E-state index contributed by atoms with van der Waals surface area (Å²) in [4.78, 5) is 28.1. The Morgan fingerprint density at radius 3 is 2.45 bits per heavy atom. The maximum Gasteiger partial charge on any atom is 0.308 e. The highest BCUT2D eigenvalue weighted by atomic mass is 16.7. The van der Waals surface area contributed by atoms with Crippen molar-refractivity contribution in [1.82, 2.24) is 4.90 Å². The Bertz CT molecular complexity index is 1130. The van der Waals surface area contributed by atoms with E-state index in [9.17, 15) is 14.7 Å². The molecule has 4 atom stereocenters. The maximum absolute atomic E-state index is 13.2. The molecule has 1 spiro atoms. The molecule has 0 radical (unpaired) electrons. The SMILES string of the molecule is CCCCCCCCCCCCCC(=O)OCOc1ccc2c3c1O[C@H]1C(=O)CC[C@@]4(O)C(C2)N(CC2CC2)CC[C@]314. The highest BCUT2D eigenvalue weighted by Gasteiger charge is 2.73. The standard InChI is InChI=1S/C35H51NO6/c1-2-3-4-5-6-7-8-9-10-11-12-13-30(38)41-24-40-28-17-16-26-22-29-35(39)19-18-27(37)33-34(35,31(26)32(28)42-33)20-21-36(29)23-25-14-15-25/h16-17,25,29,33,39H,2-15,18-24H2,1H3/t29?,33-,34-,35+/m0/s1. The van der Waals surface area contributed by atoms with E-state index in [1.807, 2.05) is 6.07 Å². The van der Waals surface area contributed by atoms with Gasteiger partial charge in [0.15, 0.2) is 23.4 Å². The van der Waals surface area contributed by atoms with Crippen molar-refractivity contribution in [2.45, 2.75) is 146 Å². The lowest BCUT2D eigenvalue weighted by Crippen LogP contribution is -2.76. The van der Waals surface area contributed by atoms with Crippen molar-refractivity contribution in [3.63, 3.8) is 0 Å². The Labute approximate surface area is 251 Å². The van der Waals surface area contributed by atoms with Crippen molar-refractivity contribution in [2.24, 2.45) is 5.92 Å². The monoisotopic (exact) mass is 581 g/mol. The molecule has 1 aromatic carbocycles. The van der Waals surface area contributed by atoms with Crippen LogP contribution in [0, 0.1) is 5.92 Å². The van der Waals surface area contributed by atoms with Gasteiger partial charge >= 0.3 is 5.97 Å². The molecular weight excluding hydrogens is 530 g/mol. The highest BCUT2D eigenvalue weighted by Crippen LogP contribution is 2.65. The third-order valence-electron chi connectivity index (χ3n) is 11.0. The lowest BCUT2D eigenvalue weighted by atomic mass is 9.49. The largest absolute Gasteiger partial charge is 0.477 e. The summed E-state index contributed by atoms with van der Waals surface area (Å²) >= 11 is 0. The number of carbonyl (C=O) groups excluding carboxylic acids is 2. The lowest BCUT2D eigenvalue weighted by Gasteiger charge is -2.62. The Morgan fingerprint density at radius 2 is 1.74 bits per heavy atom. The number of hydrogen-bond donors (Lipinski definition) is 1. The minimum Gasteiger partial charge on any atom is -0.477 e. The Morgan fingerprint density at radius 1 is 1.02 bits per heavy atom. The van der Waals surface area contributed by atoms with E-state index < -0.39 is 17.1 Å². The van der Waals surface area contributed by atoms with E-state index in [4.69, 9.17) is 14.2 Å². The van der Waals surface area contributed by atoms with Crippen molar-refractivity contribution in [3.05, 3.63) is 23.3 Å². The van der Waals surface area contributed by atoms with Gasteiger partial charge in [0.1, 0.15) is 0 Å². The summed E-state index contributed by atoms with van der Waals surface area (Å²) in [6, 6.07) is 3.96. The zero-order valence-electron chi connectivity index (χ0n) is 25.7. The van der Waals surface area contributed by atoms with Crippen LogP contribution in [0.5, 0.6) is 11.5 Å². The average molecular weight is 582 g/mol. The fraction of sp³-hybridized carbons (Fsp3) is 0.771. The predicted octanol–water partition coefficient (Wildman–Crippen LogP) is 6.40. The minimum absolute atomic E-state index is 0.00720. The normalized spacial score (nSPS) is 29.2. The number of unbranched alkanes of at least 4 members (excludes halogenated alkanes) is 10. The number of rotatable bonds is 17. The molecule has 0 amide bonds. The van der Waals surface area contributed by atoms with Crippen LogP contribution in [0.3, 0.4) is 0 Å². The summed E-state index contributed by atoms with van der Waals surface area (Å²) < 4.78 is 17.8. The molecule has 3 aliphatic carbocycles. The number of likely N-dealkylation sites (tertiary alicyclic amines) is 1. The Hall–Kier alpha value is -2.12. The van der Waals surface area contributed by atoms with Gasteiger partial charge in [-0.25, -0.2) is 0 Å². The number of piperidine rings is 1. The molecule has 2 saturated carbocycles. The maximum atomic E-state index is 13.2. The highest BCUT2D eigenvalue weighted by molar-refractivity contribution is 5.90. The smallest absolute Gasteiger partial charge is 0.308 e. The average Bonchev–Trinajstić information content (AvgIpc) is 3.72. The summed E-state index contributed by atoms with van der Waals surface area (Å²) in [5.74, 6) is 1.64. The lowest BCUT2D eigenvalue weighted by molar-refractivity contribution is -0.188. The van der Waals surface area contributed by atoms with Crippen molar-refractivity contribution in [2.75, 3.05) is 19.9 Å². The molecule has 1 unspecified atom stereocenters. The number of ketones is 1. The van der Waals surface area contributed by atoms with Crippen molar-refractivity contribution in [3.8, 4) is 11.5 Å². The molecule has 2 heterocycles. The van der Waals surface area contributed by atoms with E-state index in [1.165, 1.54) is 70.6 Å². The Balaban J connectivity index is 1.01. The van der Waals surface area contributed by atoms with Gasteiger partial charge in [-0.05, 0) is 62.6 Å². The first kappa shape index (κ1) is 29.9. The molecular formula is C35H51NO6. The van der Waals surface area contributed by atoms with Gasteiger partial charge in [0.2, 0.25) is 6.79 Å². The van der Waals surface area contributed by atoms with Gasteiger partial charge in [-0.15, -0.1) is 0 Å². The first-order chi connectivity index (χ1) is 20.5.